The normalized spacial score (nSPS) is 11.9. The molecule has 0 spiro atoms. The van der Waals surface area contributed by atoms with Crippen LogP contribution in [-0.2, 0) is 14.9 Å². The maximum atomic E-state index is 11.3. The molecule has 0 aliphatic rings. The van der Waals surface area contributed by atoms with E-state index in [1.807, 2.05) is 5.38 Å². The predicted octanol–water partition coefficient (Wildman–Crippen LogP) is 2.61. The molecule has 1 rings (SSSR count). The SMILES string of the molecule is COCCN(CC(C)C)c1nc(C(C)(C)C(=O)O)cs1. The lowest BCUT2D eigenvalue weighted by molar-refractivity contribution is -0.142. The molecule has 1 aromatic heterocycles. The lowest BCUT2D eigenvalue weighted by Gasteiger charge is -2.23. The van der Waals surface area contributed by atoms with E-state index in [2.05, 4.69) is 23.7 Å². The number of anilines is 1. The Morgan fingerprint density at radius 3 is 2.70 bits per heavy atom. The molecule has 1 heterocycles. The topological polar surface area (TPSA) is 62.7 Å². The fourth-order valence-electron chi connectivity index (χ4n) is 1.71. The second-order valence-corrected chi connectivity index (χ2v) is 6.61. The zero-order valence-corrected chi connectivity index (χ0v) is 13.7. The minimum Gasteiger partial charge on any atom is -0.481 e. The summed E-state index contributed by atoms with van der Waals surface area (Å²) in [4.78, 5) is 18.0. The Morgan fingerprint density at radius 1 is 1.55 bits per heavy atom. The molecule has 0 saturated heterocycles. The molecule has 0 radical (unpaired) electrons. The number of methoxy groups -OCH3 is 1. The highest BCUT2D eigenvalue weighted by atomic mass is 32.1. The Morgan fingerprint density at radius 2 is 2.20 bits per heavy atom. The van der Waals surface area contributed by atoms with Gasteiger partial charge < -0.3 is 14.7 Å². The van der Waals surface area contributed by atoms with Gasteiger partial charge in [-0.1, -0.05) is 13.8 Å². The van der Waals surface area contributed by atoms with Crippen molar-refractivity contribution in [3.8, 4) is 0 Å². The Balaban J connectivity index is 2.93. The summed E-state index contributed by atoms with van der Waals surface area (Å²) in [6.45, 7) is 9.92. The summed E-state index contributed by atoms with van der Waals surface area (Å²) < 4.78 is 5.13. The number of carbonyl (C=O) groups is 1. The number of carboxylic acids is 1. The van der Waals surface area contributed by atoms with Crippen LogP contribution in [0.2, 0.25) is 0 Å². The Bertz CT molecular complexity index is 443. The highest BCUT2D eigenvalue weighted by molar-refractivity contribution is 7.13. The number of thiazole rings is 1. The maximum absolute atomic E-state index is 11.3. The molecule has 1 N–H and O–H groups in total. The van der Waals surface area contributed by atoms with Crippen LogP contribution < -0.4 is 4.90 Å². The zero-order chi connectivity index (χ0) is 15.3. The predicted molar refractivity (Wildman–Crippen MR) is 81.7 cm³/mol. The minimum atomic E-state index is -0.959. The number of hydrogen-bond donors (Lipinski definition) is 1. The van der Waals surface area contributed by atoms with E-state index in [0.717, 1.165) is 18.2 Å². The highest BCUT2D eigenvalue weighted by Crippen LogP contribution is 2.29. The van der Waals surface area contributed by atoms with Gasteiger partial charge in [-0.2, -0.15) is 0 Å². The van der Waals surface area contributed by atoms with Crippen LogP contribution >= 0.6 is 11.3 Å². The van der Waals surface area contributed by atoms with Gasteiger partial charge in [0.2, 0.25) is 0 Å². The van der Waals surface area contributed by atoms with E-state index in [1.54, 1.807) is 21.0 Å². The third kappa shape index (κ3) is 4.18. The summed E-state index contributed by atoms with van der Waals surface area (Å²) in [6, 6.07) is 0. The molecule has 0 aliphatic carbocycles. The number of nitrogens with zero attached hydrogens (tertiary/aromatic N) is 2. The van der Waals surface area contributed by atoms with Crippen LogP contribution in [0, 0.1) is 5.92 Å². The van der Waals surface area contributed by atoms with Crippen molar-refractivity contribution in [2.24, 2.45) is 5.92 Å². The lowest BCUT2D eigenvalue weighted by atomic mass is 9.90. The van der Waals surface area contributed by atoms with Crippen LogP contribution in [0.25, 0.3) is 0 Å². The van der Waals surface area contributed by atoms with Crippen molar-refractivity contribution in [3.63, 3.8) is 0 Å². The highest BCUT2D eigenvalue weighted by Gasteiger charge is 2.32. The first-order valence-corrected chi connectivity index (χ1v) is 7.60. The van der Waals surface area contributed by atoms with Crippen molar-refractivity contribution in [1.29, 1.82) is 0 Å². The minimum absolute atomic E-state index is 0.506. The molecule has 20 heavy (non-hydrogen) atoms. The van der Waals surface area contributed by atoms with Crippen LogP contribution in [0.4, 0.5) is 5.13 Å². The largest absolute Gasteiger partial charge is 0.481 e. The van der Waals surface area contributed by atoms with Gasteiger partial charge in [-0.15, -0.1) is 11.3 Å². The number of carboxylic acid groups (broad SMARTS) is 1. The molecule has 0 atom stereocenters. The quantitative estimate of drug-likeness (QED) is 0.799. The lowest BCUT2D eigenvalue weighted by Crippen LogP contribution is -2.32. The third-order valence-electron chi connectivity index (χ3n) is 3.09. The van der Waals surface area contributed by atoms with E-state index >= 15 is 0 Å². The van der Waals surface area contributed by atoms with Gasteiger partial charge in [0.1, 0.15) is 5.41 Å². The third-order valence-corrected chi connectivity index (χ3v) is 3.99. The summed E-state index contributed by atoms with van der Waals surface area (Å²) >= 11 is 1.49. The van der Waals surface area contributed by atoms with Crippen molar-refractivity contribution in [1.82, 2.24) is 4.98 Å². The monoisotopic (exact) mass is 300 g/mol. The second-order valence-electron chi connectivity index (χ2n) is 5.78. The molecule has 0 aliphatic heterocycles. The van der Waals surface area contributed by atoms with Crippen molar-refractivity contribution in [2.45, 2.75) is 33.1 Å². The molecule has 0 bridgehead atoms. The Labute approximate surface area is 124 Å². The molecule has 6 heteroatoms. The van der Waals surface area contributed by atoms with E-state index in [9.17, 15) is 9.90 Å². The summed E-state index contributed by atoms with van der Waals surface area (Å²) in [7, 11) is 1.67. The number of ether oxygens (including phenoxy) is 1. The fourth-order valence-corrected chi connectivity index (χ4v) is 2.74. The first-order valence-electron chi connectivity index (χ1n) is 6.72. The molecule has 0 aromatic carbocycles. The number of aromatic nitrogens is 1. The van der Waals surface area contributed by atoms with Crippen LogP contribution in [-0.4, -0.2) is 42.9 Å². The van der Waals surface area contributed by atoms with Crippen LogP contribution in [0.1, 0.15) is 33.4 Å². The van der Waals surface area contributed by atoms with E-state index in [4.69, 9.17) is 4.74 Å². The molecule has 0 unspecified atom stereocenters. The van der Waals surface area contributed by atoms with Crippen molar-refractivity contribution >= 4 is 22.4 Å². The van der Waals surface area contributed by atoms with Gasteiger partial charge >= 0.3 is 5.97 Å². The zero-order valence-electron chi connectivity index (χ0n) is 12.8. The molecular formula is C14H24N2O3S. The molecule has 0 saturated carbocycles. The van der Waals surface area contributed by atoms with Gasteiger partial charge in [0.15, 0.2) is 5.13 Å². The van der Waals surface area contributed by atoms with E-state index in [-0.39, 0.29) is 0 Å². The molecule has 0 fully saturated rings. The Hall–Kier alpha value is -1.14. The van der Waals surface area contributed by atoms with Gasteiger partial charge in [0, 0.05) is 25.6 Å². The van der Waals surface area contributed by atoms with Gasteiger partial charge in [-0.05, 0) is 19.8 Å². The second kappa shape index (κ2) is 7.04. The van der Waals surface area contributed by atoms with E-state index in [1.165, 1.54) is 11.3 Å². The van der Waals surface area contributed by atoms with Crippen LogP contribution in [0.15, 0.2) is 5.38 Å². The summed E-state index contributed by atoms with van der Waals surface area (Å²) in [6.07, 6.45) is 0. The fraction of sp³-hybridized carbons (Fsp3) is 0.714. The van der Waals surface area contributed by atoms with Crippen LogP contribution in [0.3, 0.4) is 0 Å². The molecule has 0 amide bonds. The standard InChI is InChI=1S/C14H24N2O3S/c1-10(2)8-16(6-7-19-5)13-15-11(9-20-13)14(3,4)12(17)18/h9-10H,6-8H2,1-5H3,(H,17,18). The number of aliphatic carboxylic acids is 1. The number of hydrogen-bond acceptors (Lipinski definition) is 5. The Kier molecular flexibility index (Phi) is 5.95. The van der Waals surface area contributed by atoms with E-state index in [0.29, 0.717) is 18.2 Å². The average molecular weight is 300 g/mol. The summed E-state index contributed by atoms with van der Waals surface area (Å²) in [5, 5.41) is 12.0. The first-order chi connectivity index (χ1) is 9.28. The molecule has 114 valence electrons. The molecular weight excluding hydrogens is 276 g/mol. The van der Waals surface area contributed by atoms with Gasteiger partial charge in [-0.3, -0.25) is 4.79 Å². The first kappa shape index (κ1) is 16.9. The van der Waals surface area contributed by atoms with Crippen molar-refractivity contribution in [2.75, 3.05) is 31.7 Å². The maximum Gasteiger partial charge on any atom is 0.315 e. The van der Waals surface area contributed by atoms with E-state index < -0.39 is 11.4 Å². The number of rotatable bonds is 8. The van der Waals surface area contributed by atoms with Gasteiger partial charge in [0.05, 0.1) is 12.3 Å². The van der Waals surface area contributed by atoms with Crippen LogP contribution in [0.5, 0.6) is 0 Å². The smallest absolute Gasteiger partial charge is 0.315 e. The van der Waals surface area contributed by atoms with Gasteiger partial charge in [0.25, 0.3) is 0 Å². The summed E-state index contributed by atoms with van der Waals surface area (Å²) in [5.74, 6) is -0.353. The van der Waals surface area contributed by atoms with Crippen molar-refractivity contribution < 1.29 is 14.6 Å². The van der Waals surface area contributed by atoms with Gasteiger partial charge in [-0.25, -0.2) is 4.98 Å². The molecule has 5 nitrogen and oxygen atoms in total. The molecule has 1 aromatic rings. The average Bonchev–Trinajstić information content (AvgIpc) is 2.83. The summed E-state index contributed by atoms with van der Waals surface area (Å²) in [5.41, 5.74) is -0.351. The van der Waals surface area contributed by atoms with Crippen molar-refractivity contribution in [3.05, 3.63) is 11.1 Å².